The van der Waals surface area contributed by atoms with Crippen molar-refractivity contribution >= 4 is 11.0 Å². The van der Waals surface area contributed by atoms with Crippen LogP contribution in [-0.4, -0.2) is 27.4 Å². The molecular weight excluding hydrogens is 300 g/mol. The van der Waals surface area contributed by atoms with Gasteiger partial charge in [0.1, 0.15) is 18.5 Å². The summed E-state index contributed by atoms with van der Waals surface area (Å²) in [7, 11) is 0. The molecule has 3 rings (SSSR count). The van der Waals surface area contributed by atoms with E-state index in [-0.39, 0.29) is 6.61 Å². The number of ether oxygens (including phenoxy) is 1. The fourth-order valence-corrected chi connectivity index (χ4v) is 2.75. The molecule has 0 unspecified atom stereocenters. The van der Waals surface area contributed by atoms with Crippen LogP contribution in [0.4, 0.5) is 0 Å². The second-order valence-corrected chi connectivity index (χ2v) is 6.53. The van der Waals surface area contributed by atoms with Crippen LogP contribution >= 0.6 is 0 Å². The molecule has 0 saturated heterocycles. The van der Waals surface area contributed by atoms with Crippen LogP contribution in [0.1, 0.15) is 30.9 Å². The van der Waals surface area contributed by atoms with Gasteiger partial charge in [0.05, 0.1) is 23.9 Å². The SMILES string of the molecule is Cc1ccc(C(C)C)cc1OC[C@H](O)Cn1cnc2ccccc21. The van der Waals surface area contributed by atoms with Gasteiger partial charge in [0.15, 0.2) is 0 Å². The number of hydrogen-bond acceptors (Lipinski definition) is 3. The molecule has 1 atom stereocenters. The molecule has 0 aliphatic rings. The van der Waals surface area contributed by atoms with Crippen molar-refractivity contribution in [2.45, 2.75) is 39.3 Å². The number of imidazole rings is 1. The Morgan fingerprint density at radius 3 is 2.75 bits per heavy atom. The number of fused-ring (bicyclic) bond motifs is 1. The third kappa shape index (κ3) is 3.60. The Bertz CT molecular complexity index is 823. The molecule has 0 saturated carbocycles. The summed E-state index contributed by atoms with van der Waals surface area (Å²) in [5, 5.41) is 10.3. The van der Waals surface area contributed by atoms with Crippen LogP contribution in [0.5, 0.6) is 5.75 Å². The van der Waals surface area contributed by atoms with Gasteiger partial charge in [0, 0.05) is 0 Å². The van der Waals surface area contributed by atoms with E-state index in [1.165, 1.54) is 5.56 Å². The van der Waals surface area contributed by atoms with Crippen molar-refractivity contribution < 1.29 is 9.84 Å². The third-order valence-electron chi connectivity index (χ3n) is 4.24. The van der Waals surface area contributed by atoms with Crippen LogP contribution in [0.3, 0.4) is 0 Å². The largest absolute Gasteiger partial charge is 0.491 e. The zero-order chi connectivity index (χ0) is 17.1. The van der Waals surface area contributed by atoms with Gasteiger partial charge in [0.2, 0.25) is 0 Å². The van der Waals surface area contributed by atoms with Gasteiger partial charge in [-0.2, -0.15) is 0 Å². The Balaban J connectivity index is 1.65. The Kier molecular flexibility index (Phi) is 4.86. The molecule has 0 aliphatic heterocycles. The molecule has 4 heteroatoms. The maximum absolute atomic E-state index is 10.3. The number of para-hydroxylation sites is 2. The van der Waals surface area contributed by atoms with Crippen LogP contribution in [0.2, 0.25) is 0 Å². The van der Waals surface area contributed by atoms with E-state index in [9.17, 15) is 5.11 Å². The molecule has 126 valence electrons. The lowest BCUT2D eigenvalue weighted by atomic mass is 10.0. The highest BCUT2D eigenvalue weighted by atomic mass is 16.5. The second kappa shape index (κ2) is 7.05. The van der Waals surface area contributed by atoms with Crippen molar-refractivity contribution in [2.75, 3.05) is 6.61 Å². The Morgan fingerprint density at radius 1 is 1.17 bits per heavy atom. The second-order valence-electron chi connectivity index (χ2n) is 6.53. The average Bonchev–Trinajstić information content (AvgIpc) is 2.97. The van der Waals surface area contributed by atoms with E-state index < -0.39 is 6.10 Å². The van der Waals surface area contributed by atoms with Gasteiger partial charge in [-0.05, 0) is 42.2 Å². The third-order valence-corrected chi connectivity index (χ3v) is 4.24. The average molecular weight is 324 g/mol. The van der Waals surface area contributed by atoms with E-state index in [0.29, 0.717) is 12.5 Å². The number of aliphatic hydroxyl groups is 1. The molecule has 2 aromatic carbocycles. The molecular formula is C20H24N2O2. The quantitative estimate of drug-likeness (QED) is 0.748. The van der Waals surface area contributed by atoms with E-state index in [0.717, 1.165) is 22.3 Å². The summed E-state index contributed by atoms with van der Waals surface area (Å²) < 4.78 is 7.83. The number of aliphatic hydroxyl groups excluding tert-OH is 1. The summed E-state index contributed by atoms with van der Waals surface area (Å²) in [6, 6.07) is 14.2. The first-order chi connectivity index (χ1) is 11.5. The normalized spacial score (nSPS) is 12.7. The van der Waals surface area contributed by atoms with Crippen LogP contribution in [0.25, 0.3) is 11.0 Å². The van der Waals surface area contributed by atoms with Crippen molar-refractivity contribution in [2.24, 2.45) is 0 Å². The maximum Gasteiger partial charge on any atom is 0.122 e. The van der Waals surface area contributed by atoms with E-state index in [1.54, 1.807) is 6.33 Å². The van der Waals surface area contributed by atoms with Crippen molar-refractivity contribution in [3.63, 3.8) is 0 Å². The lowest BCUT2D eigenvalue weighted by Gasteiger charge is -2.16. The molecule has 4 nitrogen and oxygen atoms in total. The summed E-state index contributed by atoms with van der Waals surface area (Å²) in [5.41, 5.74) is 4.28. The van der Waals surface area contributed by atoms with Crippen molar-refractivity contribution in [3.05, 3.63) is 59.9 Å². The van der Waals surface area contributed by atoms with E-state index in [4.69, 9.17) is 4.74 Å². The first kappa shape index (κ1) is 16.5. The molecule has 0 radical (unpaired) electrons. The zero-order valence-electron chi connectivity index (χ0n) is 14.4. The Hall–Kier alpha value is -2.33. The van der Waals surface area contributed by atoms with E-state index in [2.05, 4.69) is 37.0 Å². The smallest absolute Gasteiger partial charge is 0.122 e. The highest BCUT2D eigenvalue weighted by Crippen LogP contribution is 2.24. The molecule has 1 aromatic heterocycles. The molecule has 1 N–H and O–H groups in total. The molecule has 1 heterocycles. The van der Waals surface area contributed by atoms with Gasteiger partial charge in [-0.3, -0.25) is 0 Å². The first-order valence-corrected chi connectivity index (χ1v) is 8.36. The molecule has 0 amide bonds. The highest BCUT2D eigenvalue weighted by molar-refractivity contribution is 5.74. The Morgan fingerprint density at radius 2 is 1.96 bits per heavy atom. The van der Waals surface area contributed by atoms with Gasteiger partial charge >= 0.3 is 0 Å². The molecule has 0 bridgehead atoms. The lowest BCUT2D eigenvalue weighted by Crippen LogP contribution is -2.23. The minimum absolute atomic E-state index is 0.259. The van der Waals surface area contributed by atoms with Crippen molar-refractivity contribution in [3.8, 4) is 5.75 Å². The van der Waals surface area contributed by atoms with Crippen LogP contribution < -0.4 is 4.74 Å². The van der Waals surface area contributed by atoms with E-state index in [1.807, 2.05) is 35.8 Å². The summed E-state index contributed by atoms with van der Waals surface area (Å²) in [4.78, 5) is 4.35. The first-order valence-electron chi connectivity index (χ1n) is 8.36. The van der Waals surface area contributed by atoms with Crippen LogP contribution in [0, 0.1) is 6.92 Å². The number of aromatic nitrogens is 2. The summed E-state index contributed by atoms with van der Waals surface area (Å²) in [5.74, 6) is 1.30. The standard InChI is InChI=1S/C20H24N2O2/c1-14(2)16-9-8-15(3)20(10-16)24-12-17(23)11-22-13-21-18-6-4-5-7-19(18)22/h4-10,13-14,17,23H,11-12H2,1-3H3/t17-/m1/s1. The highest BCUT2D eigenvalue weighted by Gasteiger charge is 2.11. The maximum atomic E-state index is 10.3. The Labute approximate surface area is 142 Å². The number of rotatable bonds is 6. The molecule has 24 heavy (non-hydrogen) atoms. The van der Waals surface area contributed by atoms with Crippen LogP contribution in [0.15, 0.2) is 48.8 Å². The van der Waals surface area contributed by atoms with Gasteiger partial charge in [-0.25, -0.2) is 4.98 Å². The predicted octanol–water partition coefficient (Wildman–Crippen LogP) is 3.91. The predicted molar refractivity (Wildman–Crippen MR) is 96.5 cm³/mol. The minimum atomic E-state index is -0.593. The lowest BCUT2D eigenvalue weighted by molar-refractivity contribution is 0.0930. The fourth-order valence-electron chi connectivity index (χ4n) is 2.75. The zero-order valence-corrected chi connectivity index (χ0v) is 14.4. The van der Waals surface area contributed by atoms with Gasteiger partial charge in [-0.1, -0.05) is 38.1 Å². The van der Waals surface area contributed by atoms with Crippen LogP contribution in [-0.2, 0) is 6.54 Å². The summed E-state index contributed by atoms with van der Waals surface area (Å²) >= 11 is 0. The molecule has 0 fully saturated rings. The number of hydrogen-bond donors (Lipinski definition) is 1. The van der Waals surface area contributed by atoms with E-state index >= 15 is 0 Å². The number of benzene rings is 2. The number of nitrogens with zero attached hydrogens (tertiary/aromatic N) is 2. The molecule has 3 aromatic rings. The van der Waals surface area contributed by atoms with Gasteiger partial charge in [0.25, 0.3) is 0 Å². The van der Waals surface area contributed by atoms with Gasteiger partial charge in [-0.15, -0.1) is 0 Å². The fraction of sp³-hybridized carbons (Fsp3) is 0.350. The monoisotopic (exact) mass is 324 g/mol. The minimum Gasteiger partial charge on any atom is -0.491 e. The molecule has 0 spiro atoms. The topological polar surface area (TPSA) is 47.3 Å². The van der Waals surface area contributed by atoms with Crippen molar-refractivity contribution in [1.29, 1.82) is 0 Å². The number of aryl methyl sites for hydroxylation is 1. The molecule has 0 aliphatic carbocycles. The van der Waals surface area contributed by atoms with Gasteiger partial charge < -0.3 is 14.4 Å². The summed E-state index contributed by atoms with van der Waals surface area (Å²) in [6.07, 6.45) is 1.17. The summed E-state index contributed by atoms with van der Waals surface area (Å²) in [6.45, 7) is 7.06. The van der Waals surface area contributed by atoms with Crippen molar-refractivity contribution in [1.82, 2.24) is 9.55 Å².